The molecule has 0 bridgehead atoms. The van der Waals surface area contributed by atoms with E-state index in [2.05, 4.69) is 47.4 Å². The van der Waals surface area contributed by atoms with Crippen molar-refractivity contribution >= 4 is 69.1 Å². The van der Waals surface area contributed by atoms with Crippen LogP contribution >= 0.6 is 35.2 Å². The van der Waals surface area contributed by atoms with Crippen molar-refractivity contribution in [1.29, 1.82) is 0 Å². The van der Waals surface area contributed by atoms with Crippen molar-refractivity contribution in [1.82, 2.24) is 30.2 Å². The van der Waals surface area contributed by atoms with Crippen LogP contribution in [0.25, 0.3) is 11.2 Å². The molecule has 0 radical (unpaired) electrons. The van der Waals surface area contributed by atoms with Crippen molar-refractivity contribution in [2.75, 3.05) is 37.8 Å². The molecule has 0 saturated carbocycles. The van der Waals surface area contributed by atoms with Crippen molar-refractivity contribution in [3.8, 4) is 0 Å². The number of allylic oxidation sites excluding steroid dienone is 2. The largest absolute Gasteiger partial charge is 0.481 e. The van der Waals surface area contributed by atoms with Crippen LogP contribution in [0.3, 0.4) is 0 Å². The van der Waals surface area contributed by atoms with Crippen LogP contribution in [0.2, 0.25) is 0 Å². The molecule has 388 valence electrons. The molecule has 1 aliphatic rings. The predicted octanol–water partition coefficient (Wildman–Crippen LogP) is 3.67. The number of aromatic nitrogens is 4. The number of phosphoric ester groups is 3. The van der Waals surface area contributed by atoms with Crippen LogP contribution in [-0.2, 0) is 50.7 Å². The number of nitrogen functional groups attached to an aromatic ring is 1. The molecule has 25 nitrogen and oxygen atoms in total. The zero-order valence-electron chi connectivity index (χ0n) is 38.4. The maximum Gasteiger partial charge on any atom is 0.481 e. The second-order valence-corrected chi connectivity index (χ2v) is 22.2. The summed E-state index contributed by atoms with van der Waals surface area (Å²) >= 11 is 0.982. The molecule has 2 amide bonds. The van der Waals surface area contributed by atoms with Crippen molar-refractivity contribution in [3.05, 3.63) is 24.8 Å². The van der Waals surface area contributed by atoms with E-state index in [0.29, 0.717) is 12.8 Å². The Balaban J connectivity index is 1.32. The van der Waals surface area contributed by atoms with Gasteiger partial charge in [0.15, 0.2) is 22.8 Å². The van der Waals surface area contributed by atoms with Crippen LogP contribution in [0.1, 0.15) is 117 Å². The van der Waals surface area contributed by atoms with Crippen LogP contribution in [-0.4, -0.2) is 134 Å². The molecule has 11 N–H and O–H groups in total. The third-order valence-corrected chi connectivity index (χ3v) is 14.5. The van der Waals surface area contributed by atoms with E-state index in [0.717, 1.165) is 41.8 Å². The number of rotatable bonds is 34. The number of ether oxygens (including phenoxy) is 1. The quantitative estimate of drug-likeness (QED) is 0.0271. The number of aliphatic hydroxyl groups excluding tert-OH is 3. The number of unbranched alkanes of at least 4 members (excludes halogenated alkanes) is 9. The van der Waals surface area contributed by atoms with Gasteiger partial charge in [0.05, 0.1) is 25.6 Å². The Labute approximate surface area is 399 Å². The maximum atomic E-state index is 12.7. The van der Waals surface area contributed by atoms with Gasteiger partial charge in [-0.2, -0.15) is 4.31 Å². The van der Waals surface area contributed by atoms with E-state index in [4.69, 9.17) is 19.5 Å². The number of nitrogens with one attached hydrogen (secondary N) is 2. The first-order valence-corrected chi connectivity index (χ1v) is 27.8. The summed E-state index contributed by atoms with van der Waals surface area (Å²) in [5.74, 6) is -1.24. The van der Waals surface area contributed by atoms with Crippen molar-refractivity contribution in [2.45, 2.75) is 147 Å². The molecule has 8 atom stereocenters. The number of amides is 2. The molecule has 2 unspecified atom stereocenters. The fourth-order valence-corrected chi connectivity index (χ4v) is 10.3. The molecule has 2 aromatic heterocycles. The highest BCUT2D eigenvalue weighted by molar-refractivity contribution is 8.13. The van der Waals surface area contributed by atoms with Gasteiger partial charge in [0.25, 0.3) is 0 Å². The van der Waals surface area contributed by atoms with E-state index in [9.17, 15) is 63.0 Å². The third kappa shape index (κ3) is 21.7. The number of imidazole rings is 1. The van der Waals surface area contributed by atoms with E-state index in [1.54, 1.807) is 0 Å². The Morgan fingerprint density at radius 2 is 1.57 bits per heavy atom. The average Bonchev–Trinajstić information content (AvgIpc) is 3.82. The maximum absolute atomic E-state index is 12.7. The molecule has 3 heterocycles. The molecule has 1 fully saturated rings. The average molecular weight is 1050 g/mol. The number of carbonyl (C=O) groups excluding carboxylic acids is 3. The van der Waals surface area contributed by atoms with Gasteiger partial charge in [0.1, 0.15) is 36.3 Å². The van der Waals surface area contributed by atoms with Gasteiger partial charge < -0.3 is 56.0 Å². The fourth-order valence-electron chi connectivity index (χ4n) is 6.75. The van der Waals surface area contributed by atoms with E-state index in [1.165, 1.54) is 65.2 Å². The van der Waals surface area contributed by atoms with Crippen molar-refractivity contribution in [3.63, 3.8) is 0 Å². The fraction of sp³-hybridized carbons (Fsp3) is 0.744. The van der Waals surface area contributed by atoms with Gasteiger partial charge in [-0.05, 0) is 25.7 Å². The number of nitrogens with two attached hydrogens (primary N) is 1. The summed E-state index contributed by atoms with van der Waals surface area (Å²) < 4.78 is 62.4. The van der Waals surface area contributed by atoms with Gasteiger partial charge in [-0.1, -0.05) is 96.1 Å². The Morgan fingerprint density at radius 3 is 2.25 bits per heavy atom. The molecule has 1 saturated heterocycles. The zero-order valence-corrected chi connectivity index (χ0v) is 41.9. The topological polar surface area (TPSA) is 384 Å². The van der Waals surface area contributed by atoms with Gasteiger partial charge in [-0.15, -0.1) is 0 Å². The highest BCUT2D eigenvalue weighted by Gasteiger charge is 2.50. The monoisotopic (exact) mass is 1050 g/mol. The van der Waals surface area contributed by atoms with E-state index < -0.39 is 90.7 Å². The number of hydrogen-bond acceptors (Lipinski definition) is 19. The number of phosphoric acid groups is 3. The van der Waals surface area contributed by atoms with Crippen LogP contribution in [0, 0.1) is 5.41 Å². The lowest BCUT2D eigenvalue weighted by Crippen LogP contribution is -2.46. The molecule has 0 aliphatic carbocycles. The third-order valence-electron chi connectivity index (χ3n) is 10.5. The number of fused-ring (bicyclic) bond motifs is 1. The SMILES string of the molecule is CCCCCCCCCCC/C=C\CC[C@H](O)CC(=O)SCCNC(=O)CCNC(=O)[C@H](O)C(C)(C)COP(=O)(O)OP(=O)(O)OC[C@H]1O[C@@H](n2cnc3c(N)ncnc32)[C@H](O)[C@@H]1OP(=O)(O)O. The summed E-state index contributed by atoms with van der Waals surface area (Å²) in [7, 11) is -16.4. The molecule has 3 rings (SSSR count). The first-order chi connectivity index (χ1) is 31.9. The molecule has 0 spiro atoms. The van der Waals surface area contributed by atoms with Gasteiger partial charge in [-0.3, -0.25) is 32.5 Å². The number of anilines is 1. The number of thioether (sulfide) groups is 1. The molecular formula is C39H68N7O18P3S. The van der Waals surface area contributed by atoms with Crippen LogP contribution in [0.5, 0.6) is 0 Å². The number of nitrogens with zero attached hydrogens (tertiary/aromatic N) is 4. The Hall–Kier alpha value is -2.74. The lowest BCUT2D eigenvalue weighted by Gasteiger charge is -2.30. The minimum Gasteiger partial charge on any atom is -0.393 e. The highest BCUT2D eigenvalue weighted by Crippen LogP contribution is 2.61. The van der Waals surface area contributed by atoms with Gasteiger partial charge in [-0.25, -0.2) is 28.6 Å². The van der Waals surface area contributed by atoms with Crippen molar-refractivity contribution < 1.29 is 85.6 Å². The van der Waals surface area contributed by atoms with Crippen LogP contribution in [0.4, 0.5) is 5.82 Å². The van der Waals surface area contributed by atoms with E-state index in [1.807, 2.05) is 6.08 Å². The number of carbonyl (C=O) groups is 3. The summed E-state index contributed by atoms with van der Waals surface area (Å²) in [4.78, 5) is 88.4. The summed E-state index contributed by atoms with van der Waals surface area (Å²) in [6, 6.07) is 0. The van der Waals surface area contributed by atoms with Crippen LogP contribution in [0.15, 0.2) is 24.8 Å². The summed E-state index contributed by atoms with van der Waals surface area (Å²) in [5, 5.41) is 36.5. The summed E-state index contributed by atoms with van der Waals surface area (Å²) in [6.07, 6.45) is 10.0. The molecule has 68 heavy (non-hydrogen) atoms. The van der Waals surface area contributed by atoms with Crippen LogP contribution < -0.4 is 16.4 Å². The lowest BCUT2D eigenvalue weighted by atomic mass is 9.87. The lowest BCUT2D eigenvalue weighted by molar-refractivity contribution is -0.137. The minimum absolute atomic E-state index is 0.00735. The molecule has 1 aliphatic heterocycles. The van der Waals surface area contributed by atoms with Gasteiger partial charge >= 0.3 is 23.5 Å². The van der Waals surface area contributed by atoms with Crippen molar-refractivity contribution in [2.24, 2.45) is 5.41 Å². The molecule has 2 aromatic rings. The smallest absolute Gasteiger partial charge is 0.393 e. The summed E-state index contributed by atoms with van der Waals surface area (Å²) in [5.41, 5.74) is 4.25. The number of aliphatic hydroxyl groups is 3. The number of hydrogen-bond donors (Lipinski definition) is 10. The highest BCUT2D eigenvalue weighted by atomic mass is 32.2. The second kappa shape index (κ2) is 28.9. The second-order valence-electron chi connectivity index (χ2n) is 16.8. The predicted molar refractivity (Wildman–Crippen MR) is 248 cm³/mol. The standard InChI is InChI=1S/C39H68N7O18P3S/c1-4-5-6-7-8-9-10-11-12-13-14-15-16-17-27(47)22-30(49)68-21-20-41-29(48)18-19-42-37(52)34(51)39(2,3)24-61-67(58,59)64-66(56,57)60-23-28-33(63-65(53,54)55)32(50)38(62-28)46-26-45-31-35(40)43-25-44-36(31)46/h14-15,25-28,32-34,38,47,50-51H,4-13,16-24H2,1-3H3,(H,41,48)(H,42,52)(H,56,57)(H,58,59)(H2,40,43,44)(H2,53,54,55)/b15-14-/t27-,28+,32+,33+,34-,38+/m0/s1. The molecule has 29 heteroatoms. The molecular weight excluding hydrogens is 979 g/mol. The van der Waals surface area contributed by atoms with E-state index in [-0.39, 0.29) is 53.8 Å². The first-order valence-electron chi connectivity index (χ1n) is 22.3. The Morgan fingerprint density at radius 1 is 0.926 bits per heavy atom. The zero-order chi connectivity index (χ0) is 50.5. The van der Waals surface area contributed by atoms with Gasteiger partial charge in [0, 0.05) is 37.1 Å². The first kappa shape index (κ1) is 59.6. The Bertz CT molecular complexity index is 2080. The normalized spacial score (nSPS) is 20.6. The Kier molecular flexibility index (Phi) is 25.4. The minimum atomic E-state index is -5.59. The van der Waals surface area contributed by atoms with Gasteiger partial charge in [0.2, 0.25) is 11.8 Å². The molecule has 0 aromatic carbocycles. The summed E-state index contributed by atoms with van der Waals surface area (Å²) in [6.45, 7) is 2.60. The van der Waals surface area contributed by atoms with E-state index >= 15 is 0 Å².